The fraction of sp³-hybridized carbons (Fsp3) is 0.125. The van der Waals surface area contributed by atoms with Crippen LogP contribution in [0, 0.1) is 0 Å². The van der Waals surface area contributed by atoms with Gasteiger partial charge in [0.15, 0.2) is 17.3 Å². The van der Waals surface area contributed by atoms with Gasteiger partial charge in [-0.05, 0) is 40.1 Å². The first kappa shape index (κ1) is 16.1. The lowest BCUT2D eigenvalue weighted by atomic mass is 10.2. The van der Waals surface area contributed by atoms with Crippen molar-refractivity contribution in [3.63, 3.8) is 0 Å². The van der Waals surface area contributed by atoms with Crippen LogP contribution in [-0.2, 0) is 12.7 Å². The van der Waals surface area contributed by atoms with E-state index in [4.69, 9.17) is 5.73 Å². The van der Waals surface area contributed by atoms with Crippen molar-refractivity contribution in [2.45, 2.75) is 12.7 Å². The molecule has 3 heterocycles. The van der Waals surface area contributed by atoms with E-state index in [1.54, 1.807) is 16.7 Å². The van der Waals surface area contributed by atoms with Gasteiger partial charge in [-0.25, -0.2) is 9.61 Å². The number of anilines is 1. The molecule has 0 spiro atoms. The van der Waals surface area contributed by atoms with Crippen LogP contribution < -0.4 is 5.73 Å². The Bertz CT molecular complexity index is 1080. The molecule has 2 N–H and O–H groups in total. The number of hydrogen-bond donors (Lipinski definition) is 1. The molecule has 0 bridgehead atoms. The molecule has 0 amide bonds. The van der Waals surface area contributed by atoms with Crippen molar-refractivity contribution < 1.29 is 17.8 Å². The van der Waals surface area contributed by atoms with Gasteiger partial charge in [0.1, 0.15) is 5.69 Å². The third-order valence-electron chi connectivity index (χ3n) is 3.84. The van der Waals surface area contributed by atoms with Crippen molar-refractivity contribution in [3.8, 4) is 11.5 Å². The number of para-hydroxylation sites is 2. The van der Waals surface area contributed by atoms with E-state index in [0.29, 0.717) is 16.9 Å². The monoisotopic (exact) mass is 360 g/mol. The average Bonchev–Trinajstić information content (AvgIpc) is 3.18. The van der Waals surface area contributed by atoms with Gasteiger partial charge >= 0.3 is 6.18 Å². The summed E-state index contributed by atoms with van der Waals surface area (Å²) >= 11 is 0. The highest BCUT2D eigenvalue weighted by molar-refractivity contribution is 5.81. The molecule has 0 saturated carbocycles. The highest BCUT2D eigenvalue weighted by Gasteiger charge is 2.32. The van der Waals surface area contributed by atoms with Gasteiger partial charge in [0, 0.05) is 12.7 Å². The number of nitrogen functional groups attached to an aromatic ring is 1. The highest BCUT2D eigenvalue weighted by Crippen LogP contribution is 2.30. The molecule has 0 aliphatic carbocycles. The Labute approximate surface area is 144 Å². The maximum atomic E-state index is 12.9. The molecule has 132 valence electrons. The number of rotatable bonds is 3. The van der Waals surface area contributed by atoms with E-state index >= 15 is 0 Å². The lowest BCUT2D eigenvalue weighted by molar-refractivity contribution is -0.141. The topological polar surface area (TPSA) is 95.6 Å². The zero-order valence-electron chi connectivity index (χ0n) is 13.1. The van der Waals surface area contributed by atoms with Crippen LogP contribution in [0.4, 0.5) is 19.0 Å². The largest absolute Gasteiger partial charge is 0.433 e. The highest BCUT2D eigenvalue weighted by atomic mass is 19.4. The first-order chi connectivity index (χ1) is 12.4. The van der Waals surface area contributed by atoms with Gasteiger partial charge in [0.05, 0.1) is 11.0 Å². The molecule has 0 fully saturated rings. The second-order valence-corrected chi connectivity index (χ2v) is 5.56. The maximum Gasteiger partial charge on any atom is 0.433 e. The molecule has 0 saturated heterocycles. The fourth-order valence-electron chi connectivity index (χ4n) is 2.68. The summed E-state index contributed by atoms with van der Waals surface area (Å²) in [6.07, 6.45) is -3.39. The van der Waals surface area contributed by atoms with Crippen molar-refractivity contribution in [2.75, 3.05) is 5.73 Å². The molecule has 10 heteroatoms. The minimum absolute atomic E-state index is 0.0484. The average molecular weight is 360 g/mol. The van der Waals surface area contributed by atoms with Crippen LogP contribution in [-0.4, -0.2) is 24.8 Å². The van der Waals surface area contributed by atoms with Crippen molar-refractivity contribution in [3.05, 3.63) is 53.9 Å². The second-order valence-electron chi connectivity index (χ2n) is 5.56. The number of nitrogens with zero attached hydrogens (tertiary/aromatic N) is 5. The van der Waals surface area contributed by atoms with Gasteiger partial charge < -0.3 is 10.3 Å². The maximum absolute atomic E-state index is 12.9. The minimum atomic E-state index is -4.52. The summed E-state index contributed by atoms with van der Waals surface area (Å²) in [5.74, 6) is 0.405. The standard InChI is InChI=1S/C16H11F3N6O/c17-16(18,19)12-7-9(5-6-21-12)8-25-11-4-2-1-3-10(11)22-15(25)13-14(20)24-26-23-13/h1-7H,8H2,(H2,20,24). The van der Waals surface area contributed by atoms with E-state index in [1.807, 2.05) is 12.1 Å². The fourth-order valence-corrected chi connectivity index (χ4v) is 2.68. The number of nitrogens with two attached hydrogens (primary N) is 1. The van der Waals surface area contributed by atoms with E-state index < -0.39 is 11.9 Å². The Hall–Kier alpha value is -3.43. The summed E-state index contributed by atoms with van der Waals surface area (Å²) in [5.41, 5.74) is 6.81. The molecule has 0 aliphatic rings. The van der Waals surface area contributed by atoms with E-state index in [9.17, 15) is 13.2 Å². The van der Waals surface area contributed by atoms with Crippen LogP contribution >= 0.6 is 0 Å². The van der Waals surface area contributed by atoms with Gasteiger partial charge in [-0.1, -0.05) is 12.1 Å². The molecule has 0 unspecified atom stereocenters. The number of aromatic nitrogens is 5. The zero-order valence-corrected chi connectivity index (χ0v) is 13.1. The van der Waals surface area contributed by atoms with Crippen LogP contribution in [0.2, 0.25) is 0 Å². The molecule has 7 nitrogen and oxygen atoms in total. The van der Waals surface area contributed by atoms with Crippen molar-refractivity contribution in [1.82, 2.24) is 24.8 Å². The quantitative estimate of drug-likeness (QED) is 0.603. The number of hydrogen-bond acceptors (Lipinski definition) is 6. The Morgan fingerprint density at radius 3 is 2.65 bits per heavy atom. The summed E-state index contributed by atoms with van der Waals surface area (Å²) in [6, 6.07) is 9.72. The van der Waals surface area contributed by atoms with Crippen molar-refractivity contribution >= 4 is 16.9 Å². The van der Waals surface area contributed by atoms with Crippen LogP contribution in [0.25, 0.3) is 22.6 Å². The van der Waals surface area contributed by atoms with Crippen molar-refractivity contribution in [1.29, 1.82) is 0 Å². The molecule has 4 aromatic rings. The summed E-state index contributed by atoms with van der Waals surface area (Å²) in [4.78, 5) is 7.85. The Morgan fingerprint density at radius 2 is 1.92 bits per heavy atom. The molecular formula is C16H11F3N6O. The number of fused-ring (bicyclic) bond motifs is 1. The molecule has 0 atom stereocenters. The lowest BCUT2D eigenvalue weighted by Gasteiger charge is -2.10. The van der Waals surface area contributed by atoms with Crippen LogP contribution in [0.15, 0.2) is 47.2 Å². The molecule has 3 aromatic heterocycles. The number of benzene rings is 1. The predicted molar refractivity (Wildman–Crippen MR) is 85.8 cm³/mol. The van der Waals surface area contributed by atoms with Gasteiger partial charge in [0.25, 0.3) is 0 Å². The van der Waals surface area contributed by atoms with E-state index in [-0.39, 0.29) is 18.1 Å². The van der Waals surface area contributed by atoms with Gasteiger partial charge in [0.2, 0.25) is 0 Å². The number of alkyl halides is 3. The first-order valence-electron chi connectivity index (χ1n) is 7.49. The second kappa shape index (κ2) is 5.83. The molecule has 4 rings (SSSR count). The molecule has 26 heavy (non-hydrogen) atoms. The van der Waals surface area contributed by atoms with E-state index in [0.717, 1.165) is 17.8 Å². The van der Waals surface area contributed by atoms with Crippen LogP contribution in [0.5, 0.6) is 0 Å². The number of imidazole rings is 1. The Morgan fingerprint density at radius 1 is 1.12 bits per heavy atom. The molecular weight excluding hydrogens is 349 g/mol. The van der Waals surface area contributed by atoms with Crippen LogP contribution in [0.3, 0.4) is 0 Å². The summed E-state index contributed by atoms with van der Waals surface area (Å²) < 4.78 is 45.1. The number of halogens is 3. The predicted octanol–water partition coefficient (Wildman–Crippen LogP) is 3.13. The third kappa shape index (κ3) is 2.75. The third-order valence-corrected chi connectivity index (χ3v) is 3.84. The Kier molecular flexibility index (Phi) is 3.60. The van der Waals surface area contributed by atoms with E-state index in [1.165, 1.54) is 6.07 Å². The smallest absolute Gasteiger partial charge is 0.379 e. The minimum Gasteiger partial charge on any atom is -0.379 e. The van der Waals surface area contributed by atoms with Gasteiger partial charge in [-0.15, -0.1) is 0 Å². The SMILES string of the molecule is Nc1nonc1-c1nc2ccccc2n1Cc1ccnc(C(F)(F)F)c1. The van der Waals surface area contributed by atoms with E-state index in [2.05, 4.69) is 24.9 Å². The molecule has 0 aliphatic heterocycles. The van der Waals surface area contributed by atoms with Crippen LogP contribution in [0.1, 0.15) is 11.3 Å². The molecule has 0 radical (unpaired) electrons. The van der Waals surface area contributed by atoms with Crippen molar-refractivity contribution in [2.24, 2.45) is 0 Å². The zero-order chi connectivity index (χ0) is 18.3. The van der Waals surface area contributed by atoms with Gasteiger partial charge in [-0.2, -0.15) is 13.2 Å². The number of pyridine rings is 1. The Balaban J connectivity index is 1.85. The lowest BCUT2D eigenvalue weighted by Crippen LogP contribution is -2.10. The van der Waals surface area contributed by atoms with Gasteiger partial charge in [-0.3, -0.25) is 4.98 Å². The summed E-state index contributed by atoms with van der Waals surface area (Å²) in [7, 11) is 0. The molecule has 1 aromatic carbocycles. The summed E-state index contributed by atoms with van der Waals surface area (Å²) in [6.45, 7) is 0.119. The first-order valence-corrected chi connectivity index (χ1v) is 7.49. The summed E-state index contributed by atoms with van der Waals surface area (Å²) in [5, 5.41) is 7.29. The normalized spacial score (nSPS) is 12.0.